The maximum atomic E-state index is 13.0. The van der Waals surface area contributed by atoms with Gasteiger partial charge in [0.1, 0.15) is 11.3 Å². The van der Waals surface area contributed by atoms with Gasteiger partial charge in [-0.25, -0.2) is 8.42 Å². The van der Waals surface area contributed by atoms with Crippen LogP contribution < -0.4 is 4.72 Å². The number of furan rings is 1. The molecule has 3 aromatic rings. The van der Waals surface area contributed by atoms with Gasteiger partial charge < -0.3 is 4.42 Å². The number of nitrogens with one attached hydrogen (secondary N) is 1. The Labute approximate surface area is 181 Å². The normalized spacial score (nSPS) is 16.8. The molecule has 31 heavy (non-hydrogen) atoms. The van der Waals surface area contributed by atoms with Crippen molar-refractivity contribution in [3.8, 4) is 0 Å². The lowest BCUT2D eigenvalue weighted by molar-refractivity contribution is -0.385. The predicted octanol–water partition coefficient (Wildman–Crippen LogP) is 5.60. The fraction of sp³-hybridized carbons (Fsp3) is 0.391. The van der Waals surface area contributed by atoms with Crippen LogP contribution in [0.4, 0.5) is 11.4 Å². The molecule has 1 N–H and O–H groups in total. The number of hydrogen-bond acceptors (Lipinski definition) is 5. The number of anilines is 1. The van der Waals surface area contributed by atoms with Gasteiger partial charge in [0, 0.05) is 35.2 Å². The third kappa shape index (κ3) is 4.04. The van der Waals surface area contributed by atoms with Crippen LogP contribution in [0.2, 0.25) is 0 Å². The van der Waals surface area contributed by atoms with Gasteiger partial charge in [-0.2, -0.15) is 0 Å². The summed E-state index contributed by atoms with van der Waals surface area (Å²) in [7, 11) is -3.99. The van der Waals surface area contributed by atoms with Gasteiger partial charge in [0.2, 0.25) is 0 Å². The number of benzene rings is 2. The SMILES string of the molecule is Cc1ccc([N+](=O)[O-])cc1S(=O)(=O)Nc1ccc2oc3c(c2c1)C[C@H](C(C)(C)C)CC3. The fourth-order valence-electron chi connectivity index (χ4n) is 4.28. The number of nitrogens with zero attached hydrogens (tertiary/aromatic N) is 1. The minimum absolute atomic E-state index is 0.108. The van der Waals surface area contributed by atoms with Crippen molar-refractivity contribution in [2.75, 3.05) is 4.72 Å². The molecule has 8 heteroatoms. The zero-order chi connectivity index (χ0) is 22.6. The molecule has 0 saturated heterocycles. The summed E-state index contributed by atoms with van der Waals surface area (Å²) >= 11 is 0. The third-order valence-corrected chi connectivity index (χ3v) is 7.72. The van der Waals surface area contributed by atoms with Crippen LogP contribution in [-0.2, 0) is 22.9 Å². The number of hydrogen-bond donors (Lipinski definition) is 1. The smallest absolute Gasteiger partial charge is 0.270 e. The highest BCUT2D eigenvalue weighted by atomic mass is 32.2. The zero-order valence-electron chi connectivity index (χ0n) is 18.1. The predicted molar refractivity (Wildman–Crippen MR) is 120 cm³/mol. The summed E-state index contributed by atoms with van der Waals surface area (Å²) in [5.74, 6) is 1.50. The van der Waals surface area contributed by atoms with Crippen LogP contribution >= 0.6 is 0 Å². The van der Waals surface area contributed by atoms with E-state index in [1.54, 1.807) is 25.1 Å². The molecule has 0 bridgehead atoms. The molecule has 1 heterocycles. The highest BCUT2D eigenvalue weighted by molar-refractivity contribution is 7.92. The van der Waals surface area contributed by atoms with E-state index in [1.165, 1.54) is 12.1 Å². The van der Waals surface area contributed by atoms with Crippen molar-refractivity contribution >= 4 is 32.4 Å². The summed E-state index contributed by atoms with van der Waals surface area (Å²) in [6.07, 6.45) is 2.84. The molecule has 164 valence electrons. The van der Waals surface area contributed by atoms with Gasteiger partial charge in [0.25, 0.3) is 15.7 Å². The molecule has 0 aliphatic heterocycles. The highest BCUT2D eigenvalue weighted by Gasteiger charge is 2.32. The maximum Gasteiger partial charge on any atom is 0.270 e. The van der Waals surface area contributed by atoms with E-state index in [9.17, 15) is 18.5 Å². The van der Waals surface area contributed by atoms with Crippen LogP contribution in [0.1, 0.15) is 44.1 Å². The Morgan fingerprint density at radius 3 is 2.58 bits per heavy atom. The first-order chi connectivity index (χ1) is 14.5. The van der Waals surface area contributed by atoms with E-state index >= 15 is 0 Å². The van der Waals surface area contributed by atoms with Crippen molar-refractivity contribution in [1.29, 1.82) is 0 Å². The summed E-state index contributed by atoms with van der Waals surface area (Å²) < 4.78 is 34.6. The van der Waals surface area contributed by atoms with Crippen molar-refractivity contribution in [3.63, 3.8) is 0 Å². The number of fused-ring (bicyclic) bond motifs is 3. The molecule has 0 unspecified atom stereocenters. The van der Waals surface area contributed by atoms with Gasteiger partial charge in [-0.3, -0.25) is 14.8 Å². The number of nitro benzene ring substituents is 1. The minimum atomic E-state index is -3.99. The molecule has 0 fully saturated rings. The van der Waals surface area contributed by atoms with E-state index in [0.29, 0.717) is 17.2 Å². The molecule has 1 aliphatic rings. The number of rotatable bonds is 4. The molecule has 0 radical (unpaired) electrons. The standard InChI is InChI=1S/C23H26N2O5S/c1-14-5-8-17(25(26)27)13-22(14)31(28,29)24-16-7-10-21-19(12-16)18-11-15(23(2,3)4)6-9-20(18)30-21/h5,7-8,10,12-13,15,24H,6,9,11H2,1-4H3/t15-/m1/s1. The molecule has 0 amide bonds. The first-order valence-electron chi connectivity index (χ1n) is 10.3. The minimum Gasteiger partial charge on any atom is -0.461 e. The second-order valence-corrected chi connectivity index (χ2v) is 11.0. The van der Waals surface area contributed by atoms with Crippen LogP contribution in [0.5, 0.6) is 0 Å². The van der Waals surface area contributed by atoms with E-state index in [0.717, 1.165) is 47.6 Å². The molecule has 1 aliphatic carbocycles. The molecule has 0 spiro atoms. The Kier molecular flexibility index (Phi) is 5.08. The first kappa shape index (κ1) is 21.4. The van der Waals surface area contributed by atoms with Crippen molar-refractivity contribution < 1.29 is 17.8 Å². The summed E-state index contributed by atoms with van der Waals surface area (Å²) in [4.78, 5) is 10.4. The van der Waals surface area contributed by atoms with Crippen molar-refractivity contribution in [2.24, 2.45) is 11.3 Å². The van der Waals surface area contributed by atoms with Crippen LogP contribution in [-0.4, -0.2) is 13.3 Å². The Hall–Kier alpha value is -2.87. The average molecular weight is 443 g/mol. The third-order valence-electron chi connectivity index (χ3n) is 6.19. The second-order valence-electron chi connectivity index (χ2n) is 9.33. The number of aryl methyl sites for hydroxylation is 2. The molecule has 7 nitrogen and oxygen atoms in total. The molecule has 1 atom stereocenters. The summed E-state index contributed by atoms with van der Waals surface area (Å²) in [5, 5.41) is 12.0. The largest absolute Gasteiger partial charge is 0.461 e. The Bertz CT molecular complexity index is 1290. The highest BCUT2D eigenvalue weighted by Crippen LogP contribution is 2.41. The Morgan fingerprint density at radius 1 is 1.16 bits per heavy atom. The molecular weight excluding hydrogens is 416 g/mol. The number of nitro groups is 1. The summed E-state index contributed by atoms with van der Waals surface area (Å²) in [6, 6.07) is 9.05. The monoisotopic (exact) mass is 442 g/mol. The quantitative estimate of drug-likeness (QED) is 0.418. The van der Waals surface area contributed by atoms with E-state index in [1.807, 2.05) is 0 Å². The fourth-order valence-corrected chi connectivity index (χ4v) is 5.60. The van der Waals surface area contributed by atoms with Gasteiger partial charge in [0.15, 0.2) is 0 Å². The average Bonchev–Trinajstić information content (AvgIpc) is 3.04. The Balaban J connectivity index is 1.70. The van der Waals surface area contributed by atoms with Crippen LogP contribution in [0, 0.1) is 28.4 Å². The van der Waals surface area contributed by atoms with Crippen LogP contribution in [0.15, 0.2) is 45.7 Å². The van der Waals surface area contributed by atoms with E-state index < -0.39 is 14.9 Å². The van der Waals surface area contributed by atoms with Gasteiger partial charge >= 0.3 is 0 Å². The van der Waals surface area contributed by atoms with E-state index in [-0.39, 0.29) is 16.0 Å². The Morgan fingerprint density at radius 2 is 1.90 bits per heavy atom. The topological polar surface area (TPSA) is 102 Å². The lowest BCUT2D eigenvalue weighted by Crippen LogP contribution is -2.26. The van der Waals surface area contributed by atoms with Gasteiger partial charge in [0.05, 0.1) is 9.82 Å². The molecule has 2 aromatic carbocycles. The molecular formula is C23H26N2O5S. The van der Waals surface area contributed by atoms with Crippen molar-refractivity contribution in [3.05, 3.63) is 63.4 Å². The van der Waals surface area contributed by atoms with Crippen LogP contribution in [0.3, 0.4) is 0 Å². The zero-order valence-corrected chi connectivity index (χ0v) is 18.9. The molecule has 4 rings (SSSR count). The number of non-ortho nitro benzene ring substituents is 1. The summed E-state index contributed by atoms with van der Waals surface area (Å²) in [6.45, 7) is 8.34. The molecule has 1 aromatic heterocycles. The van der Waals surface area contributed by atoms with Gasteiger partial charge in [-0.1, -0.05) is 26.8 Å². The maximum absolute atomic E-state index is 13.0. The second kappa shape index (κ2) is 7.37. The van der Waals surface area contributed by atoms with Crippen molar-refractivity contribution in [2.45, 2.75) is 51.9 Å². The van der Waals surface area contributed by atoms with Gasteiger partial charge in [-0.05, 0) is 54.9 Å². The first-order valence-corrected chi connectivity index (χ1v) is 11.8. The van der Waals surface area contributed by atoms with Crippen molar-refractivity contribution in [1.82, 2.24) is 0 Å². The van der Waals surface area contributed by atoms with Gasteiger partial charge in [-0.15, -0.1) is 0 Å². The van der Waals surface area contributed by atoms with Crippen LogP contribution in [0.25, 0.3) is 11.0 Å². The lowest BCUT2D eigenvalue weighted by atomic mass is 9.71. The van der Waals surface area contributed by atoms with E-state index in [4.69, 9.17) is 4.42 Å². The summed E-state index contributed by atoms with van der Waals surface area (Å²) in [5.41, 5.74) is 2.65. The molecule has 0 saturated carbocycles. The van der Waals surface area contributed by atoms with E-state index in [2.05, 4.69) is 25.5 Å². The lowest BCUT2D eigenvalue weighted by Gasteiger charge is -2.33. The number of sulfonamides is 1.